The van der Waals surface area contributed by atoms with E-state index >= 15 is 4.39 Å². The highest BCUT2D eigenvalue weighted by Gasteiger charge is 2.45. The fraction of sp³-hybridized carbons (Fsp3) is 0.344. The molecule has 0 bridgehead atoms. The average Bonchev–Trinajstić information content (AvgIpc) is 3.64. The van der Waals surface area contributed by atoms with Crippen molar-refractivity contribution in [2.75, 3.05) is 13.2 Å². The van der Waals surface area contributed by atoms with E-state index in [-0.39, 0.29) is 35.6 Å². The molecule has 4 aromatic rings. The van der Waals surface area contributed by atoms with Crippen molar-refractivity contribution in [3.05, 3.63) is 94.4 Å². The van der Waals surface area contributed by atoms with Crippen LogP contribution in [0, 0.1) is 11.7 Å². The summed E-state index contributed by atoms with van der Waals surface area (Å²) >= 11 is 0. The van der Waals surface area contributed by atoms with Gasteiger partial charge in [-0.05, 0) is 86.1 Å². The van der Waals surface area contributed by atoms with Crippen molar-refractivity contribution in [1.29, 1.82) is 0 Å². The molecule has 2 aliphatic rings. The molecule has 1 amide bonds. The topological polar surface area (TPSA) is 63.9 Å². The molecule has 0 spiro atoms. The summed E-state index contributed by atoms with van der Waals surface area (Å²) in [6, 6.07) is 19.0. The van der Waals surface area contributed by atoms with Crippen molar-refractivity contribution in [2.24, 2.45) is 5.92 Å². The number of carbonyl (C=O) groups is 2. The van der Waals surface area contributed by atoms with Gasteiger partial charge in [0.25, 0.3) is 5.91 Å². The quantitative estimate of drug-likeness (QED) is 0.284. The first kappa shape index (κ1) is 25.3. The standard InChI is InChI=1S/C32H32FN3O3/c1-4-23-14-22(31(37)35-13-12-20-8-6-7-9-25(20)19(35)3)15-24-17-30(34-36(23)24)26-11-10-21(16-29(26)33)27-18-28(27)32(38)39-5-2/h6-11,14-17,19,27-28H,4-5,12-13,18H2,1-3H3/t19-,27?,28+/m1/s1. The van der Waals surface area contributed by atoms with Crippen LogP contribution in [0.25, 0.3) is 16.8 Å². The predicted molar refractivity (Wildman–Crippen MR) is 147 cm³/mol. The van der Waals surface area contributed by atoms with Gasteiger partial charge in [-0.25, -0.2) is 8.91 Å². The second-order valence-corrected chi connectivity index (χ2v) is 10.5. The molecule has 1 aliphatic carbocycles. The summed E-state index contributed by atoms with van der Waals surface area (Å²) in [5, 5.41) is 4.71. The Kier molecular flexibility index (Phi) is 6.45. The van der Waals surface area contributed by atoms with Crippen LogP contribution in [0.2, 0.25) is 0 Å². The van der Waals surface area contributed by atoms with Gasteiger partial charge in [-0.1, -0.05) is 37.3 Å². The Morgan fingerprint density at radius 2 is 1.90 bits per heavy atom. The van der Waals surface area contributed by atoms with Gasteiger partial charge in [-0.15, -0.1) is 0 Å². The lowest BCUT2D eigenvalue weighted by Crippen LogP contribution is -2.38. The summed E-state index contributed by atoms with van der Waals surface area (Å²) in [5.41, 5.74) is 6.46. The minimum Gasteiger partial charge on any atom is -0.466 e. The molecule has 39 heavy (non-hydrogen) atoms. The van der Waals surface area contributed by atoms with Gasteiger partial charge in [-0.3, -0.25) is 9.59 Å². The number of aromatic nitrogens is 2. The van der Waals surface area contributed by atoms with Crippen molar-refractivity contribution in [2.45, 2.75) is 52.0 Å². The number of esters is 1. The van der Waals surface area contributed by atoms with Crippen molar-refractivity contribution >= 4 is 17.4 Å². The number of halogens is 1. The number of hydrogen-bond acceptors (Lipinski definition) is 4. The molecule has 1 fully saturated rings. The summed E-state index contributed by atoms with van der Waals surface area (Å²) in [6.45, 7) is 6.91. The van der Waals surface area contributed by atoms with Gasteiger partial charge in [0.2, 0.25) is 0 Å². The van der Waals surface area contributed by atoms with E-state index in [1.165, 1.54) is 17.2 Å². The lowest BCUT2D eigenvalue weighted by atomic mass is 9.93. The van der Waals surface area contributed by atoms with Gasteiger partial charge < -0.3 is 9.64 Å². The van der Waals surface area contributed by atoms with Crippen LogP contribution in [0.5, 0.6) is 0 Å². The Bertz CT molecular complexity index is 1590. The van der Waals surface area contributed by atoms with Crippen LogP contribution in [0.4, 0.5) is 4.39 Å². The minimum atomic E-state index is -0.374. The second-order valence-electron chi connectivity index (χ2n) is 10.5. The number of aryl methyl sites for hydroxylation is 1. The number of benzene rings is 2. The molecular weight excluding hydrogens is 493 g/mol. The van der Waals surface area contributed by atoms with Crippen LogP contribution < -0.4 is 0 Å². The van der Waals surface area contributed by atoms with Crippen LogP contribution >= 0.6 is 0 Å². The van der Waals surface area contributed by atoms with Crippen LogP contribution in [-0.4, -0.2) is 39.5 Å². The highest BCUT2D eigenvalue weighted by molar-refractivity contribution is 5.96. The number of amides is 1. The SMILES string of the molecule is CCOC(=O)[C@H]1CC1c1ccc(-c2cc3cc(C(=O)N4CCc5ccccc5[C@H]4C)cc(CC)n3n2)c(F)c1. The van der Waals surface area contributed by atoms with Crippen molar-refractivity contribution in [1.82, 2.24) is 14.5 Å². The first-order valence-electron chi connectivity index (χ1n) is 13.8. The second kappa shape index (κ2) is 9.95. The van der Waals surface area contributed by atoms with Gasteiger partial charge in [0.1, 0.15) is 5.82 Å². The molecule has 2 aromatic heterocycles. The maximum atomic E-state index is 15.3. The van der Waals surface area contributed by atoms with E-state index < -0.39 is 0 Å². The minimum absolute atomic E-state index is 0.00178. The fourth-order valence-electron chi connectivity index (χ4n) is 5.93. The zero-order valence-corrected chi connectivity index (χ0v) is 22.5. The molecule has 1 saturated carbocycles. The van der Waals surface area contributed by atoms with E-state index in [0.29, 0.717) is 42.8 Å². The summed E-state index contributed by atoms with van der Waals surface area (Å²) in [5.74, 6) is -0.788. The Morgan fingerprint density at radius 3 is 2.67 bits per heavy atom. The van der Waals surface area contributed by atoms with E-state index in [1.807, 2.05) is 48.2 Å². The summed E-state index contributed by atoms with van der Waals surface area (Å²) in [6.07, 6.45) is 2.20. The fourth-order valence-corrected chi connectivity index (χ4v) is 5.93. The normalized spacial score (nSPS) is 20.1. The van der Waals surface area contributed by atoms with Gasteiger partial charge >= 0.3 is 5.97 Å². The van der Waals surface area contributed by atoms with E-state index in [4.69, 9.17) is 9.84 Å². The van der Waals surface area contributed by atoms with Gasteiger partial charge in [0.05, 0.1) is 29.8 Å². The van der Waals surface area contributed by atoms with Crippen LogP contribution in [0.3, 0.4) is 0 Å². The molecular formula is C32H32FN3O3. The lowest BCUT2D eigenvalue weighted by molar-refractivity contribution is -0.144. The number of rotatable bonds is 6. The van der Waals surface area contributed by atoms with E-state index in [2.05, 4.69) is 19.1 Å². The van der Waals surface area contributed by atoms with Gasteiger partial charge in [-0.2, -0.15) is 5.10 Å². The molecule has 200 valence electrons. The highest BCUT2D eigenvalue weighted by Crippen LogP contribution is 2.48. The molecule has 1 unspecified atom stereocenters. The van der Waals surface area contributed by atoms with Gasteiger partial charge in [0.15, 0.2) is 0 Å². The number of nitrogens with zero attached hydrogens (tertiary/aromatic N) is 3. The third-order valence-electron chi connectivity index (χ3n) is 8.18. The van der Waals surface area contributed by atoms with Crippen LogP contribution in [0.15, 0.2) is 60.7 Å². The van der Waals surface area contributed by atoms with E-state index in [9.17, 15) is 9.59 Å². The smallest absolute Gasteiger partial charge is 0.309 e. The molecule has 0 N–H and O–H groups in total. The molecule has 0 saturated heterocycles. The van der Waals surface area contributed by atoms with Gasteiger partial charge in [0, 0.05) is 23.4 Å². The number of ether oxygens (including phenoxy) is 1. The third-order valence-corrected chi connectivity index (χ3v) is 8.18. The van der Waals surface area contributed by atoms with E-state index in [1.54, 1.807) is 17.5 Å². The van der Waals surface area contributed by atoms with Crippen molar-refractivity contribution in [3.8, 4) is 11.3 Å². The molecule has 3 heterocycles. The Morgan fingerprint density at radius 1 is 1.08 bits per heavy atom. The Labute approximate surface area is 227 Å². The number of fused-ring (bicyclic) bond motifs is 2. The largest absolute Gasteiger partial charge is 0.466 e. The molecule has 6 rings (SSSR count). The zero-order chi connectivity index (χ0) is 27.3. The highest BCUT2D eigenvalue weighted by atomic mass is 19.1. The first-order valence-corrected chi connectivity index (χ1v) is 13.8. The average molecular weight is 526 g/mol. The van der Waals surface area contributed by atoms with Crippen LogP contribution in [0.1, 0.15) is 71.9 Å². The first-order chi connectivity index (χ1) is 18.9. The number of carbonyl (C=O) groups excluding carboxylic acids is 2. The molecule has 7 heteroatoms. The molecule has 1 aliphatic heterocycles. The third kappa shape index (κ3) is 4.50. The summed E-state index contributed by atoms with van der Waals surface area (Å²) in [4.78, 5) is 27.6. The molecule has 0 radical (unpaired) electrons. The Hall–Kier alpha value is -4.00. The van der Waals surface area contributed by atoms with E-state index in [0.717, 1.165) is 23.2 Å². The molecule has 2 aromatic carbocycles. The van der Waals surface area contributed by atoms with Crippen LogP contribution in [-0.2, 0) is 22.4 Å². The molecule has 6 nitrogen and oxygen atoms in total. The zero-order valence-electron chi connectivity index (χ0n) is 22.5. The predicted octanol–water partition coefficient (Wildman–Crippen LogP) is 6.13. The number of pyridine rings is 1. The Balaban J connectivity index is 1.29. The molecule has 3 atom stereocenters. The van der Waals surface area contributed by atoms with Crippen molar-refractivity contribution < 1.29 is 18.7 Å². The van der Waals surface area contributed by atoms with Crippen molar-refractivity contribution in [3.63, 3.8) is 0 Å². The summed E-state index contributed by atoms with van der Waals surface area (Å²) < 4.78 is 22.2. The summed E-state index contributed by atoms with van der Waals surface area (Å²) in [7, 11) is 0. The monoisotopic (exact) mass is 525 g/mol. The lowest BCUT2D eigenvalue weighted by Gasteiger charge is -2.35. The number of hydrogen-bond donors (Lipinski definition) is 0. The maximum Gasteiger partial charge on any atom is 0.309 e. The maximum absolute atomic E-state index is 15.3.